The predicted octanol–water partition coefficient (Wildman–Crippen LogP) is 5.80. The van der Waals surface area contributed by atoms with Crippen molar-refractivity contribution < 1.29 is 4.79 Å². The number of hydrogen-bond donors (Lipinski definition) is 1. The Kier molecular flexibility index (Phi) is 5.76. The van der Waals surface area contributed by atoms with Gasteiger partial charge in [0, 0.05) is 24.1 Å². The summed E-state index contributed by atoms with van der Waals surface area (Å²) >= 11 is 12.0. The highest BCUT2D eigenvalue weighted by molar-refractivity contribution is 6.42. The van der Waals surface area contributed by atoms with Gasteiger partial charge in [-0.3, -0.25) is 9.78 Å². The minimum absolute atomic E-state index is 0.107. The Hall–Kier alpha value is -2.56. The zero-order valence-corrected chi connectivity index (χ0v) is 15.6. The van der Waals surface area contributed by atoms with Gasteiger partial charge in [-0.25, -0.2) is 0 Å². The van der Waals surface area contributed by atoms with Crippen molar-refractivity contribution in [3.05, 3.63) is 82.6 Å². The molecule has 0 spiro atoms. The first kappa shape index (κ1) is 18.2. The van der Waals surface area contributed by atoms with E-state index in [1.807, 2.05) is 43.3 Å². The number of aromatic nitrogens is 1. The molecule has 0 radical (unpaired) electrons. The van der Waals surface area contributed by atoms with Crippen molar-refractivity contribution >= 4 is 46.2 Å². The molecule has 1 N–H and O–H groups in total. The molecule has 26 heavy (non-hydrogen) atoms. The highest BCUT2D eigenvalue weighted by Crippen LogP contribution is 2.27. The van der Waals surface area contributed by atoms with Gasteiger partial charge in [-0.15, -0.1) is 0 Å². The van der Waals surface area contributed by atoms with Crippen molar-refractivity contribution in [1.82, 2.24) is 4.98 Å². The molecule has 0 saturated carbocycles. The van der Waals surface area contributed by atoms with E-state index in [9.17, 15) is 4.79 Å². The van der Waals surface area contributed by atoms with Crippen molar-refractivity contribution in [1.29, 1.82) is 0 Å². The van der Waals surface area contributed by atoms with Crippen molar-refractivity contribution in [3.8, 4) is 0 Å². The third-order valence-electron chi connectivity index (χ3n) is 3.82. The minimum Gasteiger partial charge on any atom is -0.354 e. The van der Waals surface area contributed by atoms with Gasteiger partial charge < -0.3 is 10.2 Å². The Balaban J connectivity index is 1.84. The molecular formula is C20H17Cl2N3O. The second-order valence-electron chi connectivity index (χ2n) is 5.60. The summed E-state index contributed by atoms with van der Waals surface area (Å²) in [5.74, 6) is -0.107. The molecule has 3 aromatic rings. The van der Waals surface area contributed by atoms with E-state index in [1.54, 1.807) is 35.5 Å². The van der Waals surface area contributed by atoms with Crippen LogP contribution in [0, 0.1) is 0 Å². The lowest BCUT2D eigenvalue weighted by Crippen LogP contribution is -2.30. The minimum atomic E-state index is -0.107. The molecule has 1 amide bonds. The molecule has 0 unspecified atom stereocenters. The second-order valence-corrected chi connectivity index (χ2v) is 6.42. The van der Waals surface area contributed by atoms with Crippen LogP contribution in [0.5, 0.6) is 0 Å². The van der Waals surface area contributed by atoms with Gasteiger partial charge in [0.25, 0.3) is 5.91 Å². The molecule has 132 valence electrons. The molecular weight excluding hydrogens is 369 g/mol. The number of hydrogen-bond acceptors (Lipinski definition) is 3. The predicted molar refractivity (Wildman–Crippen MR) is 108 cm³/mol. The fourth-order valence-electron chi connectivity index (χ4n) is 2.57. The first-order valence-corrected chi connectivity index (χ1v) is 8.88. The van der Waals surface area contributed by atoms with Crippen LogP contribution < -0.4 is 10.2 Å². The summed E-state index contributed by atoms with van der Waals surface area (Å²) in [6, 6.07) is 16.6. The maximum absolute atomic E-state index is 12.9. The highest BCUT2D eigenvalue weighted by Gasteiger charge is 2.16. The fraction of sp³-hybridized carbons (Fsp3) is 0.100. The summed E-state index contributed by atoms with van der Waals surface area (Å²) in [5, 5.41) is 4.13. The van der Waals surface area contributed by atoms with Gasteiger partial charge in [-0.05, 0) is 43.3 Å². The number of carbonyl (C=O) groups is 1. The molecule has 3 rings (SSSR count). The van der Waals surface area contributed by atoms with Gasteiger partial charge in [0.2, 0.25) is 0 Å². The van der Waals surface area contributed by atoms with Gasteiger partial charge in [-0.1, -0.05) is 41.4 Å². The van der Waals surface area contributed by atoms with E-state index < -0.39 is 0 Å². The lowest BCUT2D eigenvalue weighted by molar-refractivity contribution is 0.0988. The van der Waals surface area contributed by atoms with E-state index in [4.69, 9.17) is 23.2 Å². The van der Waals surface area contributed by atoms with Gasteiger partial charge in [0.1, 0.15) is 0 Å². The van der Waals surface area contributed by atoms with E-state index >= 15 is 0 Å². The van der Waals surface area contributed by atoms with Crippen LogP contribution in [-0.4, -0.2) is 17.4 Å². The number of para-hydroxylation sites is 1. The number of anilines is 3. The monoisotopic (exact) mass is 385 g/mol. The summed E-state index contributed by atoms with van der Waals surface area (Å²) in [6.07, 6.45) is 3.21. The van der Waals surface area contributed by atoms with E-state index in [2.05, 4.69) is 10.3 Å². The van der Waals surface area contributed by atoms with Gasteiger partial charge >= 0.3 is 0 Å². The van der Waals surface area contributed by atoms with Crippen molar-refractivity contribution in [3.63, 3.8) is 0 Å². The van der Waals surface area contributed by atoms with Gasteiger partial charge in [0.05, 0.1) is 27.5 Å². The van der Waals surface area contributed by atoms with Crippen molar-refractivity contribution in [2.75, 3.05) is 16.8 Å². The number of carbonyl (C=O) groups excluding carboxylic acids is 1. The Labute approximate surface area is 162 Å². The van der Waals surface area contributed by atoms with Crippen molar-refractivity contribution in [2.24, 2.45) is 0 Å². The van der Waals surface area contributed by atoms with Gasteiger partial charge in [-0.2, -0.15) is 0 Å². The molecule has 6 heteroatoms. The Morgan fingerprint density at radius 2 is 1.77 bits per heavy atom. The molecule has 1 heterocycles. The first-order valence-electron chi connectivity index (χ1n) is 8.12. The van der Waals surface area contributed by atoms with Crippen LogP contribution in [-0.2, 0) is 0 Å². The SMILES string of the molecule is CCN(C(=O)c1cncc(Nc2ccc(Cl)c(Cl)c2)c1)c1ccccc1. The van der Waals surface area contributed by atoms with E-state index in [1.165, 1.54) is 0 Å². The average molecular weight is 386 g/mol. The fourth-order valence-corrected chi connectivity index (χ4v) is 2.87. The number of benzene rings is 2. The number of pyridine rings is 1. The number of rotatable bonds is 5. The zero-order valence-electron chi connectivity index (χ0n) is 14.1. The number of nitrogens with one attached hydrogen (secondary N) is 1. The summed E-state index contributed by atoms with van der Waals surface area (Å²) < 4.78 is 0. The van der Waals surface area contributed by atoms with Crippen LogP contribution in [0.2, 0.25) is 10.0 Å². The van der Waals surface area contributed by atoms with Crippen LogP contribution in [0.4, 0.5) is 17.1 Å². The quantitative estimate of drug-likeness (QED) is 0.603. The van der Waals surface area contributed by atoms with E-state index in [-0.39, 0.29) is 5.91 Å². The van der Waals surface area contributed by atoms with E-state index in [0.717, 1.165) is 11.4 Å². The van der Waals surface area contributed by atoms with Crippen LogP contribution in [0.25, 0.3) is 0 Å². The van der Waals surface area contributed by atoms with Gasteiger partial charge in [0.15, 0.2) is 0 Å². The largest absolute Gasteiger partial charge is 0.354 e. The number of nitrogens with zero attached hydrogens (tertiary/aromatic N) is 2. The van der Waals surface area contributed by atoms with Crippen LogP contribution in [0.3, 0.4) is 0 Å². The molecule has 0 fully saturated rings. The molecule has 0 bridgehead atoms. The third kappa shape index (κ3) is 4.15. The van der Waals surface area contributed by atoms with Crippen LogP contribution in [0.15, 0.2) is 67.0 Å². The topological polar surface area (TPSA) is 45.2 Å². The lowest BCUT2D eigenvalue weighted by atomic mass is 10.2. The average Bonchev–Trinajstić information content (AvgIpc) is 2.66. The molecule has 0 aliphatic rings. The van der Waals surface area contributed by atoms with Crippen LogP contribution in [0.1, 0.15) is 17.3 Å². The zero-order chi connectivity index (χ0) is 18.5. The standard InChI is InChI=1S/C20H17Cl2N3O/c1-2-25(17-6-4-3-5-7-17)20(26)14-10-16(13-23-12-14)24-15-8-9-18(21)19(22)11-15/h3-13,24H,2H2,1H3. The maximum Gasteiger partial charge on any atom is 0.259 e. The van der Waals surface area contributed by atoms with Crippen LogP contribution >= 0.6 is 23.2 Å². The molecule has 0 saturated heterocycles. The molecule has 0 atom stereocenters. The lowest BCUT2D eigenvalue weighted by Gasteiger charge is -2.21. The molecule has 0 aliphatic heterocycles. The molecule has 1 aromatic heterocycles. The number of halogens is 2. The smallest absolute Gasteiger partial charge is 0.259 e. The van der Waals surface area contributed by atoms with E-state index in [0.29, 0.717) is 27.8 Å². The normalized spacial score (nSPS) is 10.4. The second kappa shape index (κ2) is 8.21. The third-order valence-corrected chi connectivity index (χ3v) is 4.56. The molecule has 4 nitrogen and oxygen atoms in total. The Morgan fingerprint density at radius 3 is 2.46 bits per heavy atom. The molecule has 0 aliphatic carbocycles. The summed E-state index contributed by atoms with van der Waals surface area (Å²) in [7, 11) is 0. The Bertz CT molecular complexity index is 916. The first-order chi connectivity index (χ1) is 12.6. The summed E-state index contributed by atoms with van der Waals surface area (Å²) in [4.78, 5) is 18.8. The highest BCUT2D eigenvalue weighted by atomic mass is 35.5. The summed E-state index contributed by atoms with van der Waals surface area (Å²) in [6.45, 7) is 2.50. The van der Waals surface area contributed by atoms with Crippen molar-refractivity contribution in [2.45, 2.75) is 6.92 Å². The maximum atomic E-state index is 12.9. The summed E-state index contributed by atoms with van der Waals surface area (Å²) in [5.41, 5.74) is 2.81. The molecule has 2 aromatic carbocycles. The number of amides is 1. The Morgan fingerprint density at radius 1 is 1.00 bits per heavy atom.